The third-order valence-electron chi connectivity index (χ3n) is 3.45. The minimum absolute atomic E-state index is 0.435. The van der Waals surface area contributed by atoms with E-state index in [-0.39, 0.29) is 0 Å². The van der Waals surface area contributed by atoms with Gasteiger partial charge in [-0.25, -0.2) is 0 Å². The van der Waals surface area contributed by atoms with Crippen LogP contribution < -0.4 is 0 Å². The number of hydrogen-bond acceptors (Lipinski definition) is 1. The Balaban J connectivity index is 1.70. The SMILES string of the molecule is CC(O)(CCCc1ccccc1)CC1CC1. The maximum Gasteiger partial charge on any atom is 0.0622 e. The number of aliphatic hydroxyl groups is 1. The summed E-state index contributed by atoms with van der Waals surface area (Å²) in [5.41, 5.74) is 0.945. The van der Waals surface area contributed by atoms with Crippen molar-refractivity contribution in [2.75, 3.05) is 0 Å². The average Bonchev–Trinajstić information content (AvgIpc) is 3.02. The lowest BCUT2D eigenvalue weighted by atomic mass is 9.92. The molecule has 0 bridgehead atoms. The standard InChI is InChI=1S/C15H22O/c1-15(16,12-14-9-10-14)11-5-8-13-6-3-2-4-7-13/h2-4,6-7,14,16H,5,8-12H2,1H3. The quantitative estimate of drug-likeness (QED) is 0.774. The van der Waals surface area contributed by atoms with E-state index in [2.05, 4.69) is 24.3 Å². The van der Waals surface area contributed by atoms with Crippen molar-refractivity contribution in [3.8, 4) is 0 Å². The Morgan fingerprint density at radius 2 is 1.94 bits per heavy atom. The highest BCUT2D eigenvalue weighted by Crippen LogP contribution is 2.38. The van der Waals surface area contributed by atoms with E-state index < -0.39 is 5.60 Å². The molecule has 0 radical (unpaired) electrons. The summed E-state index contributed by atoms with van der Waals surface area (Å²) in [7, 11) is 0. The molecule has 16 heavy (non-hydrogen) atoms. The second-order valence-corrected chi connectivity index (χ2v) is 5.48. The molecular formula is C15H22O. The fourth-order valence-corrected chi connectivity index (χ4v) is 2.36. The Morgan fingerprint density at radius 1 is 1.25 bits per heavy atom. The van der Waals surface area contributed by atoms with Crippen molar-refractivity contribution in [1.29, 1.82) is 0 Å². The van der Waals surface area contributed by atoms with Gasteiger partial charge in [0.2, 0.25) is 0 Å². The predicted octanol–water partition coefficient (Wildman–Crippen LogP) is 3.56. The highest BCUT2D eigenvalue weighted by atomic mass is 16.3. The zero-order chi connectivity index (χ0) is 11.4. The normalized spacial score (nSPS) is 19.4. The van der Waals surface area contributed by atoms with Gasteiger partial charge in [-0.15, -0.1) is 0 Å². The highest BCUT2D eigenvalue weighted by Gasteiger charge is 2.31. The van der Waals surface area contributed by atoms with Crippen molar-refractivity contribution in [3.63, 3.8) is 0 Å². The van der Waals surface area contributed by atoms with Crippen molar-refractivity contribution in [3.05, 3.63) is 35.9 Å². The maximum absolute atomic E-state index is 10.2. The van der Waals surface area contributed by atoms with Gasteiger partial charge in [0.25, 0.3) is 0 Å². The van der Waals surface area contributed by atoms with Gasteiger partial charge >= 0.3 is 0 Å². The van der Waals surface area contributed by atoms with Gasteiger partial charge in [-0.2, -0.15) is 0 Å². The third-order valence-corrected chi connectivity index (χ3v) is 3.45. The average molecular weight is 218 g/mol. The van der Waals surface area contributed by atoms with Gasteiger partial charge in [0.1, 0.15) is 0 Å². The summed E-state index contributed by atoms with van der Waals surface area (Å²) in [5, 5.41) is 10.2. The lowest BCUT2D eigenvalue weighted by Gasteiger charge is -2.23. The van der Waals surface area contributed by atoms with Gasteiger partial charge < -0.3 is 5.11 Å². The highest BCUT2D eigenvalue weighted by molar-refractivity contribution is 5.14. The van der Waals surface area contributed by atoms with Crippen LogP contribution in [0.25, 0.3) is 0 Å². The third kappa shape index (κ3) is 3.97. The van der Waals surface area contributed by atoms with E-state index in [0.717, 1.165) is 31.6 Å². The molecule has 1 aliphatic rings. The second kappa shape index (κ2) is 5.01. The summed E-state index contributed by atoms with van der Waals surface area (Å²) in [5.74, 6) is 0.812. The summed E-state index contributed by atoms with van der Waals surface area (Å²) in [6.07, 6.45) is 6.76. The van der Waals surface area contributed by atoms with E-state index in [0.29, 0.717) is 0 Å². The number of aryl methyl sites for hydroxylation is 1. The van der Waals surface area contributed by atoms with E-state index >= 15 is 0 Å². The van der Waals surface area contributed by atoms with Crippen molar-refractivity contribution in [2.24, 2.45) is 5.92 Å². The van der Waals surface area contributed by atoms with E-state index in [1.807, 2.05) is 13.0 Å². The van der Waals surface area contributed by atoms with Crippen molar-refractivity contribution in [1.82, 2.24) is 0 Å². The molecule has 1 aromatic rings. The smallest absolute Gasteiger partial charge is 0.0622 e. The van der Waals surface area contributed by atoms with Crippen LogP contribution in [0.4, 0.5) is 0 Å². The molecule has 0 amide bonds. The minimum Gasteiger partial charge on any atom is -0.390 e. The van der Waals surface area contributed by atoms with Crippen LogP contribution in [0.3, 0.4) is 0 Å². The van der Waals surface area contributed by atoms with Crippen LogP contribution in [-0.2, 0) is 6.42 Å². The second-order valence-electron chi connectivity index (χ2n) is 5.48. The lowest BCUT2D eigenvalue weighted by Crippen LogP contribution is -2.24. The van der Waals surface area contributed by atoms with E-state index in [1.165, 1.54) is 18.4 Å². The van der Waals surface area contributed by atoms with Gasteiger partial charge in [0.15, 0.2) is 0 Å². The van der Waals surface area contributed by atoms with Crippen LogP contribution in [-0.4, -0.2) is 10.7 Å². The number of hydrogen-bond donors (Lipinski definition) is 1. The van der Waals surface area contributed by atoms with Crippen molar-refractivity contribution < 1.29 is 5.11 Å². The van der Waals surface area contributed by atoms with Crippen LogP contribution >= 0.6 is 0 Å². The molecular weight excluding hydrogens is 196 g/mol. The van der Waals surface area contributed by atoms with Gasteiger partial charge in [0.05, 0.1) is 5.60 Å². The number of rotatable bonds is 6. The molecule has 1 aromatic carbocycles. The summed E-state index contributed by atoms with van der Waals surface area (Å²) in [4.78, 5) is 0. The molecule has 1 unspecified atom stereocenters. The largest absolute Gasteiger partial charge is 0.390 e. The molecule has 1 N–H and O–H groups in total. The molecule has 1 atom stereocenters. The van der Waals surface area contributed by atoms with Gasteiger partial charge in [-0.1, -0.05) is 43.2 Å². The Hall–Kier alpha value is -0.820. The molecule has 88 valence electrons. The first kappa shape index (κ1) is 11.7. The Kier molecular flexibility index (Phi) is 3.65. The zero-order valence-electron chi connectivity index (χ0n) is 10.2. The van der Waals surface area contributed by atoms with Gasteiger partial charge in [0, 0.05) is 0 Å². The topological polar surface area (TPSA) is 20.2 Å². The molecule has 0 spiro atoms. The van der Waals surface area contributed by atoms with E-state index in [1.54, 1.807) is 0 Å². The summed E-state index contributed by atoms with van der Waals surface area (Å²) < 4.78 is 0. The molecule has 0 aliphatic heterocycles. The minimum atomic E-state index is -0.435. The Bertz CT molecular complexity index is 311. The van der Waals surface area contributed by atoms with Crippen LogP contribution in [0, 0.1) is 5.92 Å². The maximum atomic E-state index is 10.2. The first-order chi connectivity index (χ1) is 7.66. The van der Waals surface area contributed by atoms with Crippen LogP contribution in [0.5, 0.6) is 0 Å². The summed E-state index contributed by atoms with van der Waals surface area (Å²) in [6.45, 7) is 2.00. The van der Waals surface area contributed by atoms with Crippen molar-refractivity contribution >= 4 is 0 Å². The Morgan fingerprint density at radius 3 is 2.56 bits per heavy atom. The summed E-state index contributed by atoms with van der Waals surface area (Å²) >= 11 is 0. The lowest BCUT2D eigenvalue weighted by molar-refractivity contribution is 0.0345. The Labute approximate surface area is 98.5 Å². The molecule has 0 aromatic heterocycles. The zero-order valence-corrected chi connectivity index (χ0v) is 10.2. The van der Waals surface area contributed by atoms with E-state index in [4.69, 9.17) is 0 Å². The van der Waals surface area contributed by atoms with Crippen LogP contribution in [0.15, 0.2) is 30.3 Å². The van der Waals surface area contributed by atoms with Crippen molar-refractivity contribution in [2.45, 2.75) is 51.0 Å². The molecule has 1 aliphatic carbocycles. The first-order valence-electron chi connectivity index (χ1n) is 6.42. The first-order valence-corrected chi connectivity index (χ1v) is 6.42. The molecule has 2 rings (SSSR count). The molecule has 0 saturated heterocycles. The molecule has 1 nitrogen and oxygen atoms in total. The molecule has 1 fully saturated rings. The fourth-order valence-electron chi connectivity index (χ4n) is 2.36. The number of benzene rings is 1. The molecule has 1 saturated carbocycles. The molecule has 0 heterocycles. The van der Waals surface area contributed by atoms with Gasteiger partial charge in [-0.3, -0.25) is 0 Å². The van der Waals surface area contributed by atoms with E-state index in [9.17, 15) is 5.11 Å². The van der Waals surface area contributed by atoms with Crippen LogP contribution in [0.2, 0.25) is 0 Å². The fraction of sp³-hybridized carbons (Fsp3) is 0.600. The molecule has 1 heteroatoms. The summed E-state index contributed by atoms with van der Waals surface area (Å²) in [6, 6.07) is 10.5. The predicted molar refractivity (Wildman–Crippen MR) is 67.3 cm³/mol. The monoisotopic (exact) mass is 218 g/mol. The van der Waals surface area contributed by atoms with Crippen LogP contribution in [0.1, 0.15) is 44.6 Å². The van der Waals surface area contributed by atoms with Gasteiger partial charge in [-0.05, 0) is 44.1 Å².